The monoisotopic (exact) mass is 120 g/mol. The SMILES string of the molecule is C1=CC2=C(CCCC2)[N]1. The van der Waals surface area contributed by atoms with Crippen molar-refractivity contribution in [2.24, 2.45) is 0 Å². The van der Waals surface area contributed by atoms with E-state index in [9.17, 15) is 0 Å². The number of hydrogen-bond donors (Lipinski definition) is 0. The lowest BCUT2D eigenvalue weighted by Crippen LogP contribution is -1.99. The van der Waals surface area contributed by atoms with Gasteiger partial charge in [0.1, 0.15) is 0 Å². The van der Waals surface area contributed by atoms with Crippen LogP contribution in [0.2, 0.25) is 0 Å². The average Bonchev–Trinajstić information content (AvgIpc) is 2.33. The maximum Gasteiger partial charge on any atom is 0.0436 e. The molecule has 1 aliphatic heterocycles. The molecule has 2 rings (SSSR count). The van der Waals surface area contributed by atoms with Crippen molar-refractivity contribution < 1.29 is 0 Å². The fraction of sp³-hybridized carbons (Fsp3) is 0.500. The van der Waals surface area contributed by atoms with Crippen LogP contribution >= 0.6 is 0 Å². The van der Waals surface area contributed by atoms with E-state index in [2.05, 4.69) is 11.4 Å². The summed E-state index contributed by atoms with van der Waals surface area (Å²) in [6.45, 7) is 0. The molecule has 0 aromatic heterocycles. The lowest BCUT2D eigenvalue weighted by atomic mass is 9.98. The van der Waals surface area contributed by atoms with Crippen LogP contribution in [0.5, 0.6) is 0 Å². The van der Waals surface area contributed by atoms with Gasteiger partial charge in [0.15, 0.2) is 0 Å². The molecule has 1 nitrogen and oxygen atoms in total. The van der Waals surface area contributed by atoms with Gasteiger partial charge in [-0.2, -0.15) is 0 Å². The maximum absolute atomic E-state index is 4.26. The van der Waals surface area contributed by atoms with Gasteiger partial charge < -0.3 is 0 Å². The van der Waals surface area contributed by atoms with E-state index in [1.807, 2.05) is 6.20 Å². The zero-order valence-corrected chi connectivity index (χ0v) is 5.43. The van der Waals surface area contributed by atoms with Crippen LogP contribution in [-0.2, 0) is 0 Å². The van der Waals surface area contributed by atoms with E-state index >= 15 is 0 Å². The normalized spacial score (nSPS) is 24.0. The Balaban J connectivity index is 2.24. The van der Waals surface area contributed by atoms with Gasteiger partial charge in [-0.05, 0) is 37.3 Å². The van der Waals surface area contributed by atoms with Crippen molar-refractivity contribution in [3.8, 4) is 0 Å². The quantitative estimate of drug-likeness (QED) is 0.464. The number of rotatable bonds is 0. The molecule has 0 saturated carbocycles. The fourth-order valence-corrected chi connectivity index (χ4v) is 1.46. The fourth-order valence-electron chi connectivity index (χ4n) is 1.46. The van der Waals surface area contributed by atoms with Crippen LogP contribution in [0.25, 0.3) is 0 Å². The Morgan fingerprint density at radius 2 is 2.11 bits per heavy atom. The van der Waals surface area contributed by atoms with E-state index < -0.39 is 0 Å². The van der Waals surface area contributed by atoms with E-state index in [4.69, 9.17) is 0 Å². The second-order valence-electron chi connectivity index (χ2n) is 2.62. The molecule has 47 valence electrons. The largest absolute Gasteiger partial charge is 0.261 e. The molecule has 2 aliphatic rings. The highest BCUT2D eigenvalue weighted by Crippen LogP contribution is 2.27. The molecule has 0 fully saturated rings. The lowest BCUT2D eigenvalue weighted by molar-refractivity contribution is 0.665. The van der Waals surface area contributed by atoms with Crippen molar-refractivity contribution in [3.05, 3.63) is 23.5 Å². The first kappa shape index (κ1) is 5.10. The molecule has 0 spiro atoms. The molecule has 0 N–H and O–H groups in total. The molecule has 1 aliphatic carbocycles. The average molecular weight is 120 g/mol. The molecule has 9 heavy (non-hydrogen) atoms. The highest BCUT2D eigenvalue weighted by atomic mass is 14.9. The van der Waals surface area contributed by atoms with Crippen molar-refractivity contribution in [3.63, 3.8) is 0 Å². The van der Waals surface area contributed by atoms with Gasteiger partial charge in [0.2, 0.25) is 0 Å². The van der Waals surface area contributed by atoms with Crippen LogP contribution in [0, 0.1) is 0 Å². The summed E-state index contributed by atoms with van der Waals surface area (Å²) < 4.78 is 0. The molecule has 0 atom stereocenters. The summed E-state index contributed by atoms with van der Waals surface area (Å²) in [6.07, 6.45) is 9.24. The predicted molar refractivity (Wildman–Crippen MR) is 36.8 cm³/mol. The van der Waals surface area contributed by atoms with E-state index in [-0.39, 0.29) is 0 Å². The van der Waals surface area contributed by atoms with Crippen molar-refractivity contribution in [2.75, 3.05) is 0 Å². The van der Waals surface area contributed by atoms with Gasteiger partial charge in [0.05, 0.1) is 0 Å². The van der Waals surface area contributed by atoms with Gasteiger partial charge in [-0.15, -0.1) is 0 Å². The third-order valence-corrected chi connectivity index (χ3v) is 1.99. The van der Waals surface area contributed by atoms with Crippen LogP contribution in [0.4, 0.5) is 0 Å². The maximum atomic E-state index is 4.26. The summed E-state index contributed by atoms with van der Waals surface area (Å²) in [5.41, 5.74) is 2.84. The third kappa shape index (κ3) is 0.766. The standard InChI is InChI=1S/C8H10N/c1-2-4-8-7(3-1)5-6-9-8/h5-6H,1-4H2. The van der Waals surface area contributed by atoms with E-state index in [1.165, 1.54) is 37.0 Å². The Kier molecular flexibility index (Phi) is 1.08. The van der Waals surface area contributed by atoms with Gasteiger partial charge in [-0.3, -0.25) is 5.32 Å². The Hall–Kier alpha value is -0.720. The molecule has 1 radical (unpaired) electrons. The molecule has 0 aromatic rings. The summed E-state index contributed by atoms with van der Waals surface area (Å²) >= 11 is 0. The number of nitrogens with zero attached hydrogens (tertiary/aromatic N) is 1. The Bertz CT molecular complexity index is 177. The topological polar surface area (TPSA) is 14.1 Å². The molecule has 0 saturated heterocycles. The summed E-state index contributed by atoms with van der Waals surface area (Å²) in [7, 11) is 0. The van der Waals surface area contributed by atoms with Crippen molar-refractivity contribution >= 4 is 0 Å². The van der Waals surface area contributed by atoms with E-state index in [1.54, 1.807) is 0 Å². The molecule has 1 heterocycles. The van der Waals surface area contributed by atoms with Crippen molar-refractivity contribution in [2.45, 2.75) is 25.7 Å². The van der Waals surface area contributed by atoms with E-state index in [0.29, 0.717) is 0 Å². The van der Waals surface area contributed by atoms with Crippen molar-refractivity contribution in [1.29, 1.82) is 0 Å². The lowest BCUT2D eigenvalue weighted by Gasteiger charge is -2.10. The second-order valence-corrected chi connectivity index (χ2v) is 2.62. The minimum atomic E-state index is 1.21. The number of allylic oxidation sites excluding steroid dienone is 3. The Labute approximate surface area is 55.5 Å². The third-order valence-electron chi connectivity index (χ3n) is 1.99. The molecule has 1 heteroatoms. The summed E-state index contributed by atoms with van der Waals surface area (Å²) in [4.78, 5) is 0. The van der Waals surface area contributed by atoms with Crippen LogP contribution in [0.1, 0.15) is 25.7 Å². The Morgan fingerprint density at radius 3 is 3.00 bits per heavy atom. The minimum Gasteiger partial charge on any atom is -0.261 e. The molecule has 0 aromatic carbocycles. The molecule has 0 amide bonds. The summed E-state index contributed by atoms with van der Waals surface area (Å²) in [6, 6.07) is 0. The van der Waals surface area contributed by atoms with Crippen LogP contribution in [0.15, 0.2) is 23.5 Å². The summed E-state index contributed by atoms with van der Waals surface area (Å²) in [5, 5.41) is 4.26. The molecule has 0 unspecified atom stereocenters. The van der Waals surface area contributed by atoms with Crippen LogP contribution in [0.3, 0.4) is 0 Å². The highest BCUT2D eigenvalue weighted by Gasteiger charge is 2.13. The second kappa shape index (κ2) is 1.90. The smallest absolute Gasteiger partial charge is 0.0436 e. The van der Waals surface area contributed by atoms with E-state index in [0.717, 1.165) is 0 Å². The minimum absolute atomic E-state index is 1.21. The number of hydrogen-bond acceptors (Lipinski definition) is 0. The molecular formula is C8H10N. The predicted octanol–water partition coefficient (Wildman–Crippen LogP) is 1.95. The zero-order valence-electron chi connectivity index (χ0n) is 5.43. The van der Waals surface area contributed by atoms with Gasteiger partial charge in [0.25, 0.3) is 0 Å². The highest BCUT2D eigenvalue weighted by molar-refractivity contribution is 5.32. The van der Waals surface area contributed by atoms with Gasteiger partial charge in [0, 0.05) is 11.9 Å². The van der Waals surface area contributed by atoms with Crippen LogP contribution < -0.4 is 5.32 Å². The first-order chi connectivity index (χ1) is 4.47. The Morgan fingerprint density at radius 1 is 1.22 bits per heavy atom. The summed E-state index contributed by atoms with van der Waals surface area (Å²) in [5.74, 6) is 0. The molecular weight excluding hydrogens is 110 g/mol. The first-order valence-corrected chi connectivity index (χ1v) is 3.56. The van der Waals surface area contributed by atoms with Crippen LogP contribution in [-0.4, -0.2) is 0 Å². The van der Waals surface area contributed by atoms with Gasteiger partial charge >= 0.3 is 0 Å². The van der Waals surface area contributed by atoms with Gasteiger partial charge in [-0.25, -0.2) is 0 Å². The zero-order chi connectivity index (χ0) is 6.10. The molecule has 0 bridgehead atoms. The first-order valence-electron chi connectivity index (χ1n) is 3.56. The van der Waals surface area contributed by atoms with Crippen molar-refractivity contribution in [1.82, 2.24) is 5.32 Å². The van der Waals surface area contributed by atoms with Gasteiger partial charge in [-0.1, -0.05) is 0 Å².